The van der Waals surface area contributed by atoms with Gasteiger partial charge in [0.05, 0.1) is 31.5 Å². The van der Waals surface area contributed by atoms with Crippen molar-refractivity contribution >= 4 is 34.1 Å². The number of hydrogen-bond donors (Lipinski definition) is 1. The molecule has 0 unspecified atom stereocenters. The molecule has 0 saturated heterocycles. The topological polar surface area (TPSA) is 61.7 Å². The van der Waals surface area contributed by atoms with Gasteiger partial charge in [-0.1, -0.05) is 11.6 Å². The smallest absolute Gasteiger partial charge is 0.272 e. The Morgan fingerprint density at radius 1 is 1.10 bits per heavy atom. The van der Waals surface area contributed by atoms with Crippen LogP contribution >= 0.6 is 11.6 Å². The van der Waals surface area contributed by atoms with E-state index < -0.39 is 0 Å². The van der Waals surface area contributed by atoms with E-state index in [1.807, 2.05) is 43.5 Å². The Morgan fingerprint density at radius 3 is 2.45 bits per heavy atom. The van der Waals surface area contributed by atoms with Crippen LogP contribution in [0.5, 0.6) is 17.2 Å². The Kier molecular flexibility index (Phi) is 6.23. The number of halogens is 1. The Bertz CT molecular complexity index is 1060. The van der Waals surface area contributed by atoms with E-state index in [9.17, 15) is 4.79 Å². The molecule has 0 aliphatic carbocycles. The summed E-state index contributed by atoms with van der Waals surface area (Å²) >= 11 is 6.17. The summed E-state index contributed by atoms with van der Waals surface area (Å²) in [5.41, 5.74) is 2.95. The largest absolute Gasteiger partial charge is 0.495 e. The number of benzene rings is 2. The second-order valence-corrected chi connectivity index (χ2v) is 6.88. The molecule has 1 aromatic heterocycles. The molecule has 0 fully saturated rings. The number of nitrogens with one attached hydrogen (secondary N) is 1. The van der Waals surface area contributed by atoms with Crippen LogP contribution in [0.3, 0.4) is 0 Å². The first-order valence-electron chi connectivity index (χ1n) is 9.43. The molecule has 29 heavy (non-hydrogen) atoms. The molecule has 0 aliphatic heterocycles. The molecule has 0 saturated carbocycles. The first-order valence-corrected chi connectivity index (χ1v) is 9.81. The molecule has 154 valence electrons. The maximum atomic E-state index is 13.3. The van der Waals surface area contributed by atoms with Gasteiger partial charge in [-0.25, -0.2) is 0 Å². The first kappa shape index (κ1) is 20.9. The summed E-state index contributed by atoms with van der Waals surface area (Å²) in [6.07, 6.45) is 0. The van der Waals surface area contributed by atoms with E-state index >= 15 is 0 Å². The summed E-state index contributed by atoms with van der Waals surface area (Å²) in [7, 11) is 3.05. The van der Waals surface area contributed by atoms with Crippen LogP contribution in [0.15, 0.2) is 30.3 Å². The van der Waals surface area contributed by atoms with Gasteiger partial charge in [-0.3, -0.25) is 4.79 Å². The zero-order valence-electron chi connectivity index (χ0n) is 17.3. The quantitative estimate of drug-likeness (QED) is 0.568. The van der Waals surface area contributed by atoms with Crippen molar-refractivity contribution in [1.29, 1.82) is 0 Å². The van der Waals surface area contributed by atoms with Gasteiger partial charge >= 0.3 is 0 Å². The van der Waals surface area contributed by atoms with Crippen LogP contribution in [-0.4, -0.2) is 31.3 Å². The van der Waals surface area contributed by atoms with E-state index in [4.69, 9.17) is 25.8 Å². The van der Waals surface area contributed by atoms with Gasteiger partial charge < -0.3 is 24.1 Å². The minimum Gasteiger partial charge on any atom is -0.495 e. The Hall–Kier alpha value is -2.86. The van der Waals surface area contributed by atoms with Crippen molar-refractivity contribution in [2.75, 3.05) is 26.1 Å². The third-order valence-electron chi connectivity index (χ3n) is 4.85. The molecule has 0 radical (unpaired) electrons. The van der Waals surface area contributed by atoms with Gasteiger partial charge in [-0.2, -0.15) is 0 Å². The van der Waals surface area contributed by atoms with Crippen LogP contribution in [-0.2, 0) is 6.54 Å². The number of ether oxygens (including phenoxy) is 3. The minimum absolute atomic E-state index is 0.235. The number of amides is 1. The fourth-order valence-corrected chi connectivity index (χ4v) is 3.75. The summed E-state index contributed by atoms with van der Waals surface area (Å²) < 4.78 is 18.3. The standard InChI is InChI=1S/C22H25ClN2O4/c1-6-25-18-9-8-14(29-7-2)10-15(18)13(3)21(25)22(26)24-17-12-19(27-4)16(23)11-20(17)28-5/h8-12H,6-7H2,1-5H3,(H,24,26). The molecule has 0 spiro atoms. The zero-order valence-corrected chi connectivity index (χ0v) is 18.0. The second-order valence-electron chi connectivity index (χ2n) is 6.47. The van der Waals surface area contributed by atoms with Gasteiger partial charge in [0, 0.05) is 29.6 Å². The van der Waals surface area contributed by atoms with Crippen LogP contribution in [0.2, 0.25) is 5.02 Å². The number of aromatic nitrogens is 1. The van der Waals surface area contributed by atoms with Crippen molar-refractivity contribution in [3.05, 3.63) is 46.6 Å². The van der Waals surface area contributed by atoms with E-state index in [1.165, 1.54) is 14.2 Å². The van der Waals surface area contributed by atoms with E-state index in [0.29, 0.717) is 41.1 Å². The number of nitrogens with zero attached hydrogens (tertiary/aromatic N) is 1. The van der Waals surface area contributed by atoms with Crippen LogP contribution < -0.4 is 19.5 Å². The fourth-order valence-electron chi connectivity index (χ4n) is 3.52. The molecule has 1 N–H and O–H groups in total. The predicted octanol–water partition coefficient (Wildman–Crippen LogP) is 5.29. The average Bonchev–Trinajstić information content (AvgIpc) is 3.00. The summed E-state index contributed by atoms with van der Waals surface area (Å²) in [5, 5.41) is 4.34. The molecule has 1 amide bonds. The fraction of sp³-hybridized carbons (Fsp3) is 0.318. The Labute approximate surface area is 175 Å². The van der Waals surface area contributed by atoms with E-state index in [-0.39, 0.29) is 5.91 Å². The lowest BCUT2D eigenvalue weighted by atomic mass is 10.1. The zero-order chi connectivity index (χ0) is 21.1. The molecule has 0 atom stereocenters. The highest BCUT2D eigenvalue weighted by Crippen LogP contribution is 2.37. The maximum absolute atomic E-state index is 13.3. The molecule has 7 heteroatoms. The molecular formula is C22H25ClN2O4. The van der Waals surface area contributed by atoms with Crippen molar-refractivity contribution in [2.45, 2.75) is 27.3 Å². The minimum atomic E-state index is -0.235. The van der Waals surface area contributed by atoms with Crippen LogP contribution in [0.1, 0.15) is 29.9 Å². The number of fused-ring (bicyclic) bond motifs is 1. The van der Waals surface area contributed by atoms with Crippen LogP contribution in [0.4, 0.5) is 5.69 Å². The predicted molar refractivity (Wildman–Crippen MR) is 116 cm³/mol. The number of aryl methyl sites for hydroxylation is 2. The molecule has 1 heterocycles. The van der Waals surface area contributed by atoms with Crippen LogP contribution in [0, 0.1) is 6.92 Å². The summed E-state index contributed by atoms with van der Waals surface area (Å²) in [4.78, 5) is 13.3. The summed E-state index contributed by atoms with van der Waals surface area (Å²) in [6.45, 7) is 7.14. The van der Waals surface area contributed by atoms with E-state index in [1.54, 1.807) is 12.1 Å². The molecule has 0 bridgehead atoms. The lowest BCUT2D eigenvalue weighted by Crippen LogP contribution is -2.18. The van der Waals surface area contributed by atoms with Gasteiger partial charge in [-0.15, -0.1) is 0 Å². The number of methoxy groups -OCH3 is 2. The molecule has 6 nitrogen and oxygen atoms in total. The number of hydrogen-bond acceptors (Lipinski definition) is 4. The highest BCUT2D eigenvalue weighted by atomic mass is 35.5. The Balaban J connectivity index is 2.07. The SMILES string of the molecule is CCOc1ccc2c(c1)c(C)c(C(=O)Nc1cc(OC)c(Cl)cc1OC)n2CC. The summed E-state index contributed by atoms with van der Waals surface area (Å²) in [5.74, 6) is 1.46. The van der Waals surface area contributed by atoms with Gasteiger partial charge in [0.25, 0.3) is 5.91 Å². The average molecular weight is 417 g/mol. The number of rotatable bonds is 7. The van der Waals surface area contributed by atoms with Crippen molar-refractivity contribution in [3.8, 4) is 17.2 Å². The van der Waals surface area contributed by atoms with Gasteiger partial charge in [-0.05, 0) is 44.5 Å². The number of carbonyl (C=O) groups excluding carboxylic acids is 1. The van der Waals surface area contributed by atoms with Crippen LogP contribution in [0.25, 0.3) is 10.9 Å². The number of anilines is 1. The normalized spacial score (nSPS) is 10.8. The molecule has 2 aromatic carbocycles. The molecular weight excluding hydrogens is 392 g/mol. The van der Waals surface area contributed by atoms with Crippen molar-refractivity contribution in [2.24, 2.45) is 0 Å². The van der Waals surface area contributed by atoms with Crippen molar-refractivity contribution in [3.63, 3.8) is 0 Å². The first-order chi connectivity index (χ1) is 13.9. The maximum Gasteiger partial charge on any atom is 0.272 e. The van der Waals surface area contributed by atoms with E-state index in [0.717, 1.165) is 22.2 Å². The third kappa shape index (κ3) is 3.85. The summed E-state index contributed by atoms with van der Waals surface area (Å²) in [6, 6.07) is 9.15. The lowest BCUT2D eigenvalue weighted by molar-refractivity contribution is 0.101. The highest BCUT2D eigenvalue weighted by molar-refractivity contribution is 6.32. The van der Waals surface area contributed by atoms with Crippen molar-refractivity contribution < 1.29 is 19.0 Å². The van der Waals surface area contributed by atoms with Crippen molar-refractivity contribution in [1.82, 2.24) is 4.57 Å². The lowest BCUT2D eigenvalue weighted by Gasteiger charge is -2.14. The monoisotopic (exact) mass is 416 g/mol. The van der Waals surface area contributed by atoms with Gasteiger partial charge in [0.2, 0.25) is 0 Å². The third-order valence-corrected chi connectivity index (χ3v) is 5.15. The Morgan fingerprint density at radius 2 is 1.83 bits per heavy atom. The van der Waals surface area contributed by atoms with Gasteiger partial charge in [0.15, 0.2) is 0 Å². The number of carbonyl (C=O) groups is 1. The highest BCUT2D eigenvalue weighted by Gasteiger charge is 2.22. The molecule has 3 rings (SSSR count). The molecule has 3 aromatic rings. The molecule has 0 aliphatic rings. The van der Waals surface area contributed by atoms with E-state index in [2.05, 4.69) is 5.32 Å². The second kappa shape index (κ2) is 8.66. The van der Waals surface area contributed by atoms with Gasteiger partial charge in [0.1, 0.15) is 22.9 Å².